The number of hydrogen-bond donors (Lipinski definition) is 1. The summed E-state index contributed by atoms with van der Waals surface area (Å²) in [5.74, 6) is 0. The predicted molar refractivity (Wildman–Crippen MR) is 54.4 cm³/mol. The third kappa shape index (κ3) is 1.32. The Morgan fingerprint density at radius 2 is 2.27 bits per heavy atom. The van der Waals surface area contributed by atoms with Crippen molar-refractivity contribution in [2.45, 2.75) is 6.92 Å². The van der Waals surface area contributed by atoms with Gasteiger partial charge in [-0.25, -0.2) is 0 Å². The van der Waals surface area contributed by atoms with Gasteiger partial charge in [0.25, 0.3) is 5.69 Å². The SMILES string of the molecule is Cc1cc([N+](=O)[O-])c2[nH]cc(C#N)c2c1. The molecule has 1 aromatic heterocycles. The maximum Gasteiger partial charge on any atom is 0.293 e. The van der Waals surface area contributed by atoms with Crippen molar-refractivity contribution < 1.29 is 4.92 Å². The van der Waals surface area contributed by atoms with E-state index in [2.05, 4.69) is 4.98 Å². The highest BCUT2D eigenvalue weighted by atomic mass is 16.6. The van der Waals surface area contributed by atoms with Gasteiger partial charge in [0.1, 0.15) is 11.6 Å². The lowest BCUT2D eigenvalue weighted by Gasteiger charge is -1.96. The van der Waals surface area contributed by atoms with Crippen molar-refractivity contribution in [1.29, 1.82) is 5.26 Å². The number of aromatic amines is 1. The first-order valence-electron chi connectivity index (χ1n) is 4.29. The molecule has 2 aromatic rings. The number of nitrogens with one attached hydrogen (secondary N) is 1. The van der Waals surface area contributed by atoms with E-state index in [9.17, 15) is 10.1 Å². The molecule has 5 heteroatoms. The van der Waals surface area contributed by atoms with E-state index in [-0.39, 0.29) is 5.69 Å². The molecule has 0 bridgehead atoms. The molecule has 0 aliphatic heterocycles. The lowest BCUT2D eigenvalue weighted by Crippen LogP contribution is -1.90. The van der Waals surface area contributed by atoms with Gasteiger partial charge in [-0.2, -0.15) is 5.26 Å². The van der Waals surface area contributed by atoms with Crippen LogP contribution in [-0.4, -0.2) is 9.91 Å². The summed E-state index contributed by atoms with van der Waals surface area (Å²) in [5.41, 5.74) is 1.61. The number of nitro benzene ring substituents is 1. The second-order valence-corrected chi connectivity index (χ2v) is 3.28. The van der Waals surface area contributed by atoms with Crippen LogP contribution in [0.3, 0.4) is 0 Å². The average molecular weight is 201 g/mol. The zero-order chi connectivity index (χ0) is 11.0. The van der Waals surface area contributed by atoms with E-state index in [0.29, 0.717) is 16.5 Å². The summed E-state index contributed by atoms with van der Waals surface area (Å²) in [5, 5.41) is 20.2. The average Bonchev–Trinajstić information content (AvgIpc) is 2.58. The van der Waals surface area contributed by atoms with Crippen molar-refractivity contribution in [3.05, 3.63) is 39.6 Å². The third-order valence-electron chi connectivity index (χ3n) is 2.23. The second-order valence-electron chi connectivity index (χ2n) is 3.28. The van der Waals surface area contributed by atoms with Gasteiger partial charge < -0.3 is 4.98 Å². The largest absolute Gasteiger partial charge is 0.354 e. The molecule has 0 aliphatic carbocycles. The van der Waals surface area contributed by atoms with Crippen LogP contribution in [0.5, 0.6) is 0 Å². The van der Waals surface area contributed by atoms with Gasteiger partial charge in [0.15, 0.2) is 0 Å². The lowest BCUT2D eigenvalue weighted by molar-refractivity contribution is -0.383. The molecule has 0 saturated heterocycles. The van der Waals surface area contributed by atoms with Gasteiger partial charge in [-0.3, -0.25) is 10.1 Å². The van der Waals surface area contributed by atoms with Crippen LogP contribution in [0, 0.1) is 28.4 Å². The van der Waals surface area contributed by atoms with Gasteiger partial charge >= 0.3 is 0 Å². The van der Waals surface area contributed by atoms with Crippen LogP contribution in [-0.2, 0) is 0 Å². The van der Waals surface area contributed by atoms with Gasteiger partial charge in [0, 0.05) is 17.6 Å². The molecule has 2 rings (SSSR count). The molecule has 1 heterocycles. The first kappa shape index (κ1) is 9.21. The second kappa shape index (κ2) is 3.10. The fourth-order valence-corrected chi connectivity index (χ4v) is 1.59. The number of H-pyrrole nitrogens is 1. The minimum atomic E-state index is -0.451. The summed E-state index contributed by atoms with van der Waals surface area (Å²) in [6, 6.07) is 5.24. The van der Waals surface area contributed by atoms with Gasteiger partial charge in [-0.05, 0) is 18.6 Å². The standard InChI is InChI=1S/C10H7N3O2/c1-6-2-8-7(4-11)5-12-10(8)9(3-6)13(14)15/h2-3,5,12H,1H3. The number of nitro groups is 1. The number of hydrogen-bond acceptors (Lipinski definition) is 3. The zero-order valence-electron chi connectivity index (χ0n) is 7.94. The summed E-state index contributed by atoms with van der Waals surface area (Å²) < 4.78 is 0. The van der Waals surface area contributed by atoms with Crippen molar-refractivity contribution >= 4 is 16.6 Å². The van der Waals surface area contributed by atoms with Crippen molar-refractivity contribution in [1.82, 2.24) is 4.98 Å². The van der Waals surface area contributed by atoms with Crippen molar-refractivity contribution in [2.24, 2.45) is 0 Å². The molecular weight excluding hydrogens is 194 g/mol. The Balaban J connectivity index is 2.90. The lowest BCUT2D eigenvalue weighted by atomic mass is 10.1. The quantitative estimate of drug-likeness (QED) is 0.567. The maximum atomic E-state index is 10.8. The molecule has 0 aliphatic rings. The highest BCUT2D eigenvalue weighted by Gasteiger charge is 2.16. The fourth-order valence-electron chi connectivity index (χ4n) is 1.59. The molecule has 1 aromatic carbocycles. The number of non-ortho nitro benzene ring substituents is 1. The van der Waals surface area contributed by atoms with Crippen molar-refractivity contribution in [3.8, 4) is 6.07 Å². The number of nitrogens with zero attached hydrogens (tertiary/aromatic N) is 2. The van der Waals surface area contributed by atoms with Crippen molar-refractivity contribution in [3.63, 3.8) is 0 Å². The van der Waals surface area contributed by atoms with Gasteiger partial charge in [-0.1, -0.05) is 0 Å². The maximum absolute atomic E-state index is 10.8. The summed E-state index contributed by atoms with van der Waals surface area (Å²) in [4.78, 5) is 13.1. The van der Waals surface area contributed by atoms with Crippen LogP contribution in [0.15, 0.2) is 18.3 Å². The Kier molecular flexibility index (Phi) is 1.90. The summed E-state index contributed by atoms with van der Waals surface area (Å²) >= 11 is 0. The smallest absolute Gasteiger partial charge is 0.293 e. The molecule has 15 heavy (non-hydrogen) atoms. The summed E-state index contributed by atoms with van der Waals surface area (Å²) in [7, 11) is 0. The molecule has 0 fully saturated rings. The Labute approximate surface area is 85.1 Å². The Hall–Kier alpha value is -2.35. The number of rotatable bonds is 1. The molecule has 0 unspecified atom stereocenters. The molecule has 0 saturated carbocycles. The number of aromatic nitrogens is 1. The highest BCUT2D eigenvalue weighted by Crippen LogP contribution is 2.28. The van der Waals surface area contributed by atoms with Crippen LogP contribution in [0.4, 0.5) is 5.69 Å². The first-order valence-corrected chi connectivity index (χ1v) is 4.29. The predicted octanol–water partition coefficient (Wildman–Crippen LogP) is 2.26. The summed E-state index contributed by atoms with van der Waals surface area (Å²) in [6.45, 7) is 1.76. The van der Waals surface area contributed by atoms with E-state index < -0.39 is 4.92 Å². The Bertz CT molecular complexity index is 592. The molecule has 1 N–H and O–H groups in total. The van der Waals surface area contributed by atoms with Crippen LogP contribution < -0.4 is 0 Å². The van der Waals surface area contributed by atoms with Gasteiger partial charge in [-0.15, -0.1) is 0 Å². The van der Waals surface area contributed by atoms with E-state index in [1.165, 1.54) is 12.3 Å². The normalized spacial score (nSPS) is 10.1. The minimum absolute atomic E-state index is 0.00602. The number of fused-ring (bicyclic) bond motifs is 1. The first-order chi connectivity index (χ1) is 7.13. The number of aryl methyl sites for hydroxylation is 1. The fraction of sp³-hybridized carbons (Fsp3) is 0.100. The molecule has 0 amide bonds. The Morgan fingerprint density at radius 3 is 2.87 bits per heavy atom. The van der Waals surface area contributed by atoms with Crippen LogP contribution in [0.2, 0.25) is 0 Å². The number of benzene rings is 1. The molecule has 0 atom stereocenters. The Morgan fingerprint density at radius 1 is 1.53 bits per heavy atom. The molecule has 5 nitrogen and oxygen atoms in total. The van der Waals surface area contributed by atoms with Crippen LogP contribution in [0.25, 0.3) is 10.9 Å². The van der Waals surface area contributed by atoms with Gasteiger partial charge in [0.05, 0.1) is 10.5 Å². The minimum Gasteiger partial charge on any atom is -0.354 e. The van der Waals surface area contributed by atoms with E-state index in [1.807, 2.05) is 6.07 Å². The number of nitriles is 1. The molecule has 0 radical (unpaired) electrons. The molecular formula is C10H7N3O2. The molecule has 74 valence electrons. The monoisotopic (exact) mass is 201 g/mol. The van der Waals surface area contributed by atoms with E-state index in [1.54, 1.807) is 13.0 Å². The molecule has 0 spiro atoms. The van der Waals surface area contributed by atoms with Crippen LogP contribution in [0.1, 0.15) is 11.1 Å². The summed E-state index contributed by atoms with van der Waals surface area (Å²) in [6.07, 6.45) is 1.48. The van der Waals surface area contributed by atoms with Crippen LogP contribution >= 0.6 is 0 Å². The van der Waals surface area contributed by atoms with Gasteiger partial charge in [0.2, 0.25) is 0 Å². The van der Waals surface area contributed by atoms with E-state index in [0.717, 1.165) is 5.56 Å². The topological polar surface area (TPSA) is 82.7 Å². The van der Waals surface area contributed by atoms with E-state index in [4.69, 9.17) is 5.26 Å². The highest BCUT2D eigenvalue weighted by molar-refractivity contribution is 5.92. The van der Waals surface area contributed by atoms with Crippen molar-refractivity contribution in [2.75, 3.05) is 0 Å². The third-order valence-corrected chi connectivity index (χ3v) is 2.23. The van der Waals surface area contributed by atoms with E-state index >= 15 is 0 Å². The zero-order valence-corrected chi connectivity index (χ0v) is 7.94.